The van der Waals surface area contributed by atoms with E-state index in [0.29, 0.717) is 17.7 Å². The van der Waals surface area contributed by atoms with Gasteiger partial charge in [0, 0.05) is 38.9 Å². The van der Waals surface area contributed by atoms with Crippen LogP contribution in [0.15, 0.2) is 6.20 Å². The van der Waals surface area contributed by atoms with Gasteiger partial charge in [-0.15, -0.1) is 5.10 Å². The Morgan fingerprint density at radius 2 is 1.81 bits per heavy atom. The minimum absolute atomic E-state index is 0.195. The predicted octanol–water partition coefficient (Wildman–Crippen LogP) is 2.80. The topological polar surface area (TPSA) is 71.2 Å². The first kappa shape index (κ1) is 19.3. The molecule has 0 unspecified atom stereocenters. The van der Waals surface area contributed by atoms with Crippen LogP contribution in [0.5, 0.6) is 0 Å². The van der Waals surface area contributed by atoms with Crippen LogP contribution in [0.4, 0.5) is 0 Å². The number of likely N-dealkylation sites (tertiary alicyclic amines) is 1. The van der Waals surface area contributed by atoms with Gasteiger partial charge in [0.2, 0.25) is 5.91 Å². The average molecular weight is 363 g/mol. The van der Waals surface area contributed by atoms with E-state index in [0.717, 1.165) is 57.4 Å². The van der Waals surface area contributed by atoms with Gasteiger partial charge in [0.05, 0.1) is 5.69 Å². The molecule has 1 amide bonds. The predicted molar refractivity (Wildman–Crippen MR) is 101 cm³/mol. The Hall–Kier alpha value is -1.43. The number of nitrogens with zero attached hydrogens (tertiary/aromatic N) is 4. The van der Waals surface area contributed by atoms with Crippen molar-refractivity contribution in [1.82, 2.24) is 19.9 Å². The second-order valence-electron chi connectivity index (χ2n) is 8.14. The maximum absolute atomic E-state index is 12.6. The molecule has 0 aromatic carbocycles. The maximum Gasteiger partial charge on any atom is 0.222 e. The molecule has 1 saturated carbocycles. The third-order valence-corrected chi connectivity index (χ3v) is 6.03. The highest BCUT2D eigenvalue weighted by atomic mass is 16.2. The smallest absolute Gasteiger partial charge is 0.222 e. The van der Waals surface area contributed by atoms with Crippen LogP contribution in [0.3, 0.4) is 0 Å². The Bertz CT molecular complexity index is 544. The van der Waals surface area contributed by atoms with Gasteiger partial charge in [-0.25, -0.2) is 0 Å². The molecule has 2 aliphatic rings. The van der Waals surface area contributed by atoms with Crippen molar-refractivity contribution in [2.45, 2.75) is 77.2 Å². The first-order chi connectivity index (χ1) is 12.7. The van der Waals surface area contributed by atoms with Crippen molar-refractivity contribution in [2.75, 3.05) is 19.7 Å². The molecule has 1 aromatic heterocycles. The van der Waals surface area contributed by atoms with Gasteiger partial charge >= 0.3 is 0 Å². The van der Waals surface area contributed by atoms with Crippen LogP contribution in [-0.2, 0) is 17.8 Å². The highest BCUT2D eigenvalue weighted by Crippen LogP contribution is 2.27. The average Bonchev–Trinajstić information content (AvgIpc) is 2.94. The standard InChI is InChI=1S/C20H34N4O2/c25-13-5-8-19-16-24(22-21-19)15-18-9-11-23(12-10-18)20(26)14-17-6-3-1-2-4-7-17/h16-18,25H,1-15H2. The van der Waals surface area contributed by atoms with Crippen LogP contribution >= 0.6 is 0 Å². The minimum atomic E-state index is 0.195. The molecule has 1 aromatic rings. The summed E-state index contributed by atoms with van der Waals surface area (Å²) < 4.78 is 1.93. The Morgan fingerprint density at radius 1 is 1.08 bits per heavy atom. The summed E-state index contributed by atoms with van der Waals surface area (Å²) in [5.74, 6) is 1.57. The summed E-state index contributed by atoms with van der Waals surface area (Å²) in [4.78, 5) is 14.7. The summed E-state index contributed by atoms with van der Waals surface area (Å²) in [6, 6.07) is 0. The van der Waals surface area contributed by atoms with Gasteiger partial charge in [-0.05, 0) is 50.4 Å². The molecule has 2 fully saturated rings. The molecule has 0 bridgehead atoms. The Labute approximate surface area is 156 Å². The fraction of sp³-hybridized carbons (Fsp3) is 0.850. The zero-order valence-electron chi connectivity index (χ0n) is 16.0. The van der Waals surface area contributed by atoms with Crippen molar-refractivity contribution in [3.05, 3.63) is 11.9 Å². The Balaban J connectivity index is 1.39. The van der Waals surface area contributed by atoms with Gasteiger partial charge < -0.3 is 10.0 Å². The molecule has 1 aliphatic heterocycles. The number of carbonyl (C=O) groups excluding carboxylic acids is 1. The van der Waals surface area contributed by atoms with E-state index in [1.165, 1.54) is 38.5 Å². The third kappa shape index (κ3) is 5.79. The molecule has 1 N–H and O–H groups in total. The van der Waals surface area contributed by atoms with Crippen LogP contribution in [0.1, 0.15) is 69.9 Å². The van der Waals surface area contributed by atoms with Crippen molar-refractivity contribution in [2.24, 2.45) is 11.8 Å². The number of amides is 1. The van der Waals surface area contributed by atoms with Crippen LogP contribution in [0.2, 0.25) is 0 Å². The van der Waals surface area contributed by atoms with Gasteiger partial charge in [0.1, 0.15) is 0 Å². The number of aromatic nitrogens is 3. The second-order valence-corrected chi connectivity index (χ2v) is 8.14. The quantitative estimate of drug-likeness (QED) is 0.757. The number of aliphatic hydroxyl groups excluding tert-OH is 1. The molecule has 146 valence electrons. The summed E-state index contributed by atoms with van der Waals surface area (Å²) in [5, 5.41) is 17.3. The molecule has 1 saturated heterocycles. The summed E-state index contributed by atoms with van der Waals surface area (Å²) >= 11 is 0. The first-order valence-corrected chi connectivity index (χ1v) is 10.5. The lowest BCUT2D eigenvalue weighted by molar-refractivity contribution is -0.133. The van der Waals surface area contributed by atoms with E-state index in [2.05, 4.69) is 15.2 Å². The highest BCUT2D eigenvalue weighted by molar-refractivity contribution is 5.76. The zero-order chi connectivity index (χ0) is 18.2. The fourth-order valence-corrected chi connectivity index (χ4v) is 4.38. The van der Waals surface area contributed by atoms with Gasteiger partial charge in [-0.3, -0.25) is 9.48 Å². The fourth-order valence-electron chi connectivity index (χ4n) is 4.38. The first-order valence-electron chi connectivity index (χ1n) is 10.5. The molecule has 0 radical (unpaired) electrons. The SMILES string of the molecule is O=C(CC1CCCCCC1)N1CCC(Cn2cc(CCCO)nn2)CC1. The lowest BCUT2D eigenvalue weighted by Gasteiger charge is -2.32. The highest BCUT2D eigenvalue weighted by Gasteiger charge is 2.25. The molecule has 1 aliphatic carbocycles. The van der Waals surface area contributed by atoms with Gasteiger partial charge in [0.25, 0.3) is 0 Å². The van der Waals surface area contributed by atoms with E-state index in [9.17, 15) is 4.79 Å². The number of aliphatic hydroxyl groups is 1. The van der Waals surface area contributed by atoms with E-state index < -0.39 is 0 Å². The summed E-state index contributed by atoms with van der Waals surface area (Å²) in [7, 11) is 0. The van der Waals surface area contributed by atoms with E-state index >= 15 is 0 Å². The molecule has 6 nitrogen and oxygen atoms in total. The van der Waals surface area contributed by atoms with E-state index in [4.69, 9.17) is 5.11 Å². The van der Waals surface area contributed by atoms with Gasteiger partial charge in [-0.1, -0.05) is 30.9 Å². The number of hydrogen-bond donors (Lipinski definition) is 1. The van der Waals surface area contributed by atoms with Crippen LogP contribution < -0.4 is 0 Å². The number of rotatable bonds is 7. The largest absolute Gasteiger partial charge is 0.396 e. The number of piperidine rings is 1. The Morgan fingerprint density at radius 3 is 2.50 bits per heavy atom. The van der Waals surface area contributed by atoms with Gasteiger partial charge in [-0.2, -0.15) is 0 Å². The molecule has 3 rings (SSSR count). The monoisotopic (exact) mass is 362 g/mol. The third-order valence-electron chi connectivity index (χ3n) is 6.03. The van der Waals surface area contributed by atoms with Crippen molar-refractivity contribution in [1.29, 1.82) is 0 Å². The normalized spacial score (nSPS) is 20.3. The molecule has 0 atom stereocenters. The second kappa shape index (κ2) is 10.0. The number of carbonyl (C=O) groups is 1. The summed E-state index contributed by atoms with van der Waals surface area (Å²) in [6.07, 6.45) is 14.2. The lowest BCUT2D eigenvalue weighted by Crippen LogP contribution is -2.40. The van der Waals surface area contributed by atoms with Gasteiger partial charge in [0.15, 0.2) is 0 Å². The van der Waals surface area contributed by atoms with Crippen molar-refractivity contribution in [3.63, 3.8) is 0 Å². The molecule has 6 heteroatoms. The summed E-state index contributed by atoms with van der Waals surface area (Å²) in [6.45, 7) is 2.86. The molecule has 0 spiro atoms. The van der Waals surface area contributed by atoms with Crippen LogP contribution in [0, 0.1) is 11.8 Å². The number of hydrogen-bond acceptors (Lipinski definition) is 4. The van der Waals surface area contributed by atoms with E-state index in [1.54, 1.807) is 0 Å². The Kier molecular flexibility index (Phi) is 7.47. The number of aryl methyl sites for hydroxylation is 1. The zero-order valence-corrected chi connectivity index (χ0v) is 16.0. The van der Waals surface area contributed by atoms with Crippen molar-refractivity contribution in [3.8, 4) is 0 Å². The molecule has 26 heavy (non-hydrogen) atoms. The molecule has 2 heterocycles. The maximum atomic E-state index is 12.6. The van der Waals surface area contributed by atoms with Crippen LogP contribution in [-0.4, -0.2) is 50.6 Å². The van der Waals surface area contributed by atoms with Crippen molar-refractivity contribution < 1.29 is 9.90 Å². The van der Waals surface area contributed by atoms with Crippen LogP contribution in [0.25, 0.3) is 0 Å². The van der Waals surface area contributed by atoms with E-state index in [1.807, 2.05) is 10.9 Å². The van der Waals surface area contributed by atoms with Crippen molar-refractivity contribution >= 4 is 5.91 Å². The lowest BCUT2D eigenvalue weighted by atomic mass is 9.93. The summed E-state index contributed by atoms with van der Waals surface area (Å²) in [5.41, 5.74) is 0.954. The molecular formula is C20H34N4O2. The minimum Gasteiger partial charge on any atom is -0.396 e. The van der Waals surface area contributed by atoms with E-state index in [-0.39, 0.29) is 6.61 Å². The molecular weight excluding hydrogens is 328 g/mol.